The van der Waals surface area contributed by atoms with E-state index in [0.29, 0.717) is 16.5 Å². The summed E-state index contributed by atoms with van der Waals surface area (Å²) in [4.78, 5) is 13.9. The van der Waals surface area contributed by atoms with Gasteiger partial charge in [0.15, 0.2) is 5.82 Å². The average molecular weight is 301 g/mol. The zero-order valence-corrected chi connectivity index (χ0v) is 12.3. The van der Waals surface area contributed by atoms with Crippen LogP contribution in [0, 0.1) is 11.3 Å². The number of halogens is 1. The molecule has 0 unspecified atom stereocenters. The van der Waals surface area contributed by atoms with E-state index in [1.54, 1.807) is 37.2 Å². The maximum atomic E-state index is 9.34. The number of hydrogen-bond acceptors (Lipinski definition) is 6. The predicted molar refractivity (Wildman–Crippen MR) is 83.5 cm³/mol. The van der Waals surface area contributed by atoms with E-state index in [4.69, 9.17) is 17.3 Å². The van der Waals surface area contributed by atoms with E-state index < -0.39 is 0 Å². The van der Waals surface area contributed by atoms with Gasteiger partial charge in [0, 0.05) is 19.1 Å². The van der Waals surface area contributed by atoms with Gasteiger partial charge in [0.1, 0.15) is 6.07 Å². The van der Waals surface area contributed by atoms with Gasteiger partial charge in [0.05, 0.1) is 5.57 Å². The summed E-state index contributed by atoms with van der Waals surface area (Å²) in [6.45, 7) is 0. The molecule has 0 saturated heterocycles. The van der Waals surface area contributed by atoms with E-state index in [9.17, 15) is 5.26 Å². The van der Waals surface area contributed by atoms with E-state index in [1.165, 1.54) is 0 Å². The number of aromatic nitrogens is 3. The smallest absolute Gasteiger partial charge is 0.230 e. The second-order valence-electron chi connectivity index (χ2n) is 4.40. The molecule has 0 atom stereocenters. The lowest BCUT2D eigenvalue weighted by Crippen LogP contribution is -2.15. The van der Waals surface area contributed by atoms with E-state index in [-0.39, 0.29) is 17.3 Å². The summed E-state index contributed by atoms with van der Waals surface area (Å²) in [6.07, 6.45) is 1.62. The highest BCUT2D eigenvalue weighted by molar-refractivity contribution is 6.32. The second kappa shape index (κ2) is 6.20. The quantitative estimate of drug-likeness (QED) is 0.874. The van der Waals surface area contributed by atoms with Gasteiger partial charge in [-0.3, -0.25) is 0 Å². The Morgan fingerprint density at radius 1 is 1.29 bits per heavy atom. The molecule has 0 saturated carbocycles. The molecule has 0 radical (unpaired) electrons. The Hall–Kier alpha value is -2.65. The summed E-state index contributed by atoms with van der Waals surface area (Å²) >= 11 is 6.09. The van der Waals surface area contributed by atoms with Crippen LogP contribution in [-0.2, 0) is 0 Å². The average Bonchev–Trinajstić information content (AvgIpc) is 2.45. The molecule has 0 amide bonds. The van der Waals surface area contributed by atoms with Gasteiger partial charge in [-0.15, -0.1) is 0 Å². The topological polar surface area (TPSA) is 91.7 Å². The van der Waals surface area contributed by atoms with Crippen LogP contribution in [-0.4, -0.2) is 29.0 Å². The maximum absolute atomic E-state index is 9.34. The van der Waals surface area contributed by atoms with Crippen LogP contribution < -0.4 is 10.6 Å². The summed E-state index contributed by atoms with van der Waals surface area (Å²) in [6, 6.07) is 9.26. The van der Waals surface area contributed by atoms with Crippen LogP contribution in [0.3, 0.4) is 0 Å². The summed E-state index contributed by atoms with van der Waals surface area (Å²) in [7, 11) is 3.56. The Morgan fingerprint density at radius 3 is 2.62 bits per heavy atom. The fourth-order valence-corrected chi connectivity index (χ4v) is 1.79. The first-order valence-corrected chi connectivity index (χ1v) is 6.44. The SMILES string of the molecule is CN(C)c1nc(N)nc(C(C#N)=Cc2ccccc2Cl)n1. The highest BCUT2D eigenvalue weighted by Gasteiger charge is 2.11. The molecule has 0 spiro atoms. The third-order valence-electron chi connectivity index (χ3n) is 2.61. The van der Waals surface area contributed by atoms with Gasteiger partial charge in [0.25, 0.3) is 0 Å². The lowest BCUT2D eigenvalue weighted by atomic mass is 10.1. The Morgan fingerprint density at radius 2 is 2.00 bits per heavy atom. The van der Waals surface area contributed by atoms with Crippen molar-refractivity contribution in [3.05, 3.63) is 40.7 Å². The molecule has 2 aromatic rings. The fraction of sp³-hybridized carbons (Fsp3) is 0.143. The van der Waals surface area contributed by atoms with Crippen LogP contribution in [0.25, 0.3) is 11.6 Å². The van der Waals surface area contributed by atoms with Crippen molar-refractivity contribution in [2.75, 3.05) is 24.7 Å². The number of nitriles is 1. The lowest BCUT2D eigenvalue weighted by Gasteiger charge is -2.11. The molecule has 21 heavy (non-hydrogen) atoms. The van der Waals surface area contributed by atoms with Gasteiger partial charge < -0.3 is 10.6 Å². The van der Waals surface area contributed by atoms with Gasteiger partial charge in [-0.05, 0) is 17.7 Å². The molecule has 6 nitrogen and oxygen atoms in total. The molecule has 2 rings (SSSR count). The van der Waals surface area contributed by atoms with Crippen molar-refractivity contribution in [3.63, 3.8) is 0 Å². The van der Waals surface area contributed by atoms with Gasteiger partial charge in [-0.2, -0.15) is 20.2 Å². The minimum atomic E-state index is 0.0593. The van der Waals surface area contributed by atoms with Crippen molar-refractivity contribution in [2.24, 2.45) is 0 Å². The third-order valence-corrected chi connectivity index (χ3v) is 2.95. The molecule has 0 aliphatic carbocycles. The van der Waals surface area contributed by atoms with Gasteiger partial charge in [-0.25, -0.2) is 0 Å². The van der Waals surface area contributed by atoms with Gasteiger partial charge >= 0.3 is 0 Å². The van der Waals surface area contributed by atoms with Crippen molar-refractivity contribution in [3.8, 4) is 6.07 Å². The maximum Gasteiger partial charge on any atom is 0.230 e. The van der Waals surface area contributed by atoms with Gasteiger partial charge in [0.2, 0.25) is 11.9 Å². The monoisotopic (exact) mass is 300 g/mol. The number of rotatable bonds is 3. The molecule has 2 N–H and O–H groups in total. The van der Waals surface area contributed by atoms with Crippen LogP contribution in [0.4, 0.5) is 11.9 Å². The first-order chi connectivity index (χ1) is 10.0. The molecule has 1 heterocycles. The number of nitrogens with two attached hydrogens (primary N) is 1. The first-order valence-electron chi connectivity index (χ1n) is 6.07. The number of benzene rings is 1. The lowest BCUT2D eigenvalue weighted by molar-refractivity contribution is 0.952. The van der Waals surface area contributed by atoms with Crippen LogP contribution in [0.2, 0.25) is 5.02 Å². The summed E-state index contributed by atoms with van der Waals surface area (Å²) in [5.41, 5.74) is 6.63. The number of nitrogens with zero attached hydrogens (tertiary/aromatic N) is 5. The van der Waals surface area contributed by atoms with E-state index in [1.807, 2.05) is 12.1 Å². The van der Waals surface area contributed by atoms with Crippen molar-refractivity contribution in [1.29, 1.82) is 5.26 Å². The number of anilines is 2. The number of hydrogen-bond donors (Lipinski definition) is 1. The zero-order chi connectivity index (χ0) is 15.4. The summed E-state index contributed by atoms with van der Waals surface area (Å²) in [5, 5.41) is 9.88. The van der Waals surface area contributed by atoms with E-state index in [0.717, 1.165) is 0 Å². The Labute approximate surface area is 127 Å². The van der Waals surface area contributed by atoms with Gasteiger partial charge in [-0.1, -0.05) is 29.8 Å². The summed E-state index contributed by atoms with van der Waals surface area (Å²) in [5.74, 6) is 0.662. The molecule has 0 fully saturated rings. The molecule has 7 heteroatoms. The first kappa shape index (κ1) is 14.8. The van der Waals surface area contributed by atoms with Crippen molar-refractivity contribution >= 4 is 35.1 Å². The van der Waals surface area contributed by atoms with Crippen LogP contribution in [0.5, 0.6) is 0 Å². The second-order valence-corrected chi connectivity index (χ2v) is 4.81. The zero-order valence-electron chi connectivity index (χ0n) is 11.6. The molecule has 106 valence electrons. The Bertz CT molecular complexity index is 732. The predicted octanol–water partition coefficient (Wildman–Crippen LogP) is 2.24. The molecule has 0 bridgehead atoms. The van der Waals surface area contributed by atoms with Crippen LogP contribution >= 0.6 is 11.6 Å². The third kappa shape index (κ3) is 3.46. The minimum Gasteiger partial charge on any atom is -0.368 e. The van der Waals surface area contributed by atoms with E-state index >= 15 is 0 Å². The fourth-order valence-electron chi connectivity index (χ4n) is 1.60. The van der Waals surface area contributed by atoms with E-state index in [2.05, 4.69) is 21.0 Å². The normalized spacial score (nSPS) is 11.0. The molecule has 1 aromatic heterocycles. The molecule has 0 aliphatic heterocycles. The van der Waals surface area contributed by atoms with Crippen molar-refractivity contribution in [2.45, 2.75) is 0 Å². The number of nitrogen functional groups attached to an aromatic ring is 1. The summed E-state index contributed by atoms with van der Waals surface area (Å²) < 4.78 is 0. The molecular formula is C14H13ClN6. The van der Waals surface area contributed by atoms with Crippen LogP contribution in [0.15, 0.2) is 24.3 Å². The minimum absolute atomic E-state index is 0.0593. The molecule has 1 aromatic carbocycles. The highest BCUT2D eigenvalue weighted by Crippen LogP contribution is 2.22. The van der Waals surface area contributed by atoms with Crippen LogP contribution in [0.1, 0.15) is 11.4 Å². The van der Waals surface area contributed by atoms with Crippen molar-refractivity contribution < 1.29 is 0 Å². The Kier molecular flexibility index (Phi) is 4.36. The number of allylic oxidation sites excluding steroid dienone is 1. The van der Waals surface area contributed by atoms with Crippen molar-refractivity contribution in [1.82, 2.24) is 15.0 Å². The largest absolute Gasteiger partial charge is 0.368 e. The highest BCUT2D eigenvalue weighted by atomic mass is 35.5. The standard InChI is InChI=1S/C14H13ClN6/c1-21(2)14-19-12(18-13(17)20-14)10(8-16)7-9-5-3-4-6-11(9)15/h3-7H,1-2H3,(H2,17,18,19,20). The molecule has 0 aliphatic rings. The molecular weight excluding hydrogens is 288 g/mol. The Balaban J connectivity index is 2.53.